The van der Waals surface area contributed by atoms with Gasteiger partial charge in [-0.25, -0.2) is 0 Å². The van der Waals surface area contributed by atoms with Gasteiger partial charge in [-0.2, -0.15) is 10.5 Å². The maximum Gasteiger partial charge on any atom is 0.277 e. The Bertz CT molecular complexity index is 906. The number of nitrogens with zero attached hydrogens (tertiary/aromatic N) is 3. The molecule has 1 N–H and O–H groups in total. The number of nitro groups is 1. The second-order valence-electron chi connectivity index (χ2n) is 5.58. The fourth-order valence-electron chi connectivity index (χ4n) is 3.61. The van der Waals surface area contributed by atoms with E-state index in [0.29, 0.717) is 0 Å². The molecule has 1 aromatic rings. The highest BCUT2D eigenvalue weighted by molar-refractivity contribution is 6.19. The van der Waals surface area contributed by atoms with E-state index < -0.39 is 39.2 Å². The fourth-order valence-corrected chi connectivity index (χ4v) is 3.61. The first-order valence-corrected chi connectivity index (χ1v) is 6.70. The fraction of sp³-hybridized carbons (Fsp3) is 0.286. The van der Waals surface area contributed by atoms with Crippen molar-refractivity contribution < 1.29 is 24.0 Å². The zero-order valence-electron chi connectivity index (χ0n) is 11.7. The van der Waals surface area contributed by atoms with E-state index in [9.17, 15) is 30.2 Å². The van der Waals surface area contributed by atoms with E-state index in [2.05, 4.69) is 0 Å². The SMILES string of the molecule is N#C[C@@]12C(=O)NC(=O)[C@]1(C#N)C2c1cc2c(cc1[N+](=O)[O-])OCO2. The number of nitrogens with one attached hydrogen (secondary N) is 1. The molecular weight excluding hydrogens is 320 g/mol. The van der Waals surface area contributed by atoms with Crippen molar-refractivity contribution >= 4 is 17.5 Å². The molecule has 118 valence electrons. The molecule has 0 spiro atoms. The topological polar surface area (TPSA) is 155 Å². The molecule has 24 heavy (non-hydrogen) atoms. The molecule has 2 aliphatic heterocycles. The monoisotopic (exact) mass is 326 g/mol. The van der Waals surface area contributed by atoms with Gasteiger partial charge in [0.2, 0.25) is 18.6 Å². The van der Waals surface area contributed by atoms with Gasteiger partial charge in [0.15, 0.2) is 22.3 Å². The number of amides is 2. The minimum Gasteiger partial charge on any atom is -0.454 e. The summed E-state index contributed by atoms with van der Waals surface area (Å²) in [5.74, 6) is -2.75. The lowest BCUT2D eigenvalue weighted by Crippen LogP contribution is -2.31. The molecule has 3 aliphatic rings. The third-order valence-corrected chi connectivity index (χ3v) is 4.73. The third-order valence-electron chi connectivity index (χ3n) is 4.73. The smallest absolute Gasteiger partial charge is 0.277 e. The molecule has 2 heterocycles. The summed E-state index contributed by atoms with van der Waals surface area (Å²) >= 11 is 0. The van der Waals surface area contributed by atoms with Crippen LogP contribution in [-0.4, -0.2) is 23.5 Å². The molecule has 1 unspecified atom stereocenters. The van der Waals surface area contributed by atoms with E-state index in [4.69, 9.17) is 9.47 Å². The van der Waals surface area contributed by atoms with Crippen LogP contribution in [0.5, 0.6) is 11.5 Å². The Kier molecular flexibility index (Phi) is 2.33. The lowest BCUT2D eigenvalue weighted by Gasteiger charge is -2.09. The Morgan fingerprint density at radius 1 is 1.17 bits per heavy atom. The van der Waals surface area contributed by atoms with Crippen LogP contribution in [0.25, 0.3) is 0 Å². The number of hydrogen-bond acceptors (Lipinski definition) is 8. The van der Waals surface area contributed by atoms with Crippen molar-refractivity contribution in [1.82, 2.24) is 5.32 Å². The third kappa shape index (κ3) is 1.22. The maximum atomic E-state index is 12.1. The summed E-state index contributed by atoms with van der Waals surface area (Å²) in [7, 11) is 0. The van der Waals surface area contributed by atoms with Crippen molar-refractivity contribution in [1.29, 1.82) is 10.5 Å². The number of nitriles is 2. The van der Waals surface area contributed by atoms with Gasteiger partial charge in [-0.05, 0) is 6.07 Å². The van der Waals surface area contributed by atoms with E-state index in [1.54, 1.807) is 12.1 Å². The number of ether oxygens (including phenoxy) is 2. The predicted octanol–water partition coefficient (Wildman–Crippen LogP) is 0.0971. The largest absolute Gasteiger partial charge is 0.454 e. The first-order chi connectivity index (χ1) is 11.4. The van der Waals surface area contributed by atoms with Gasteiger partial charge in [0, 0.05) is 5.56 Å². The second kappa shape index (κ2) is 4.00. The summed E-state index contributed by atoms with van der Waals surface area (Å²) in [6, 6.07) is 5.79. The molecule has 4 rings (SSSR count). The van der Waals surface area contributed by atoms with Crippen LogP contribution in [0.15, 0.2) is 12.1 Å². The van der Waals surface area contributed by atoms with Crippen molar-refractivity contribution in [2.75, 3.05) is 6.79 Å². The van der Waals surface area contributed by atoms with Gasteiger partial charge in [-0.3, -0.25) is 25.0 Å². The zero-order chi connectivity index (χ0) is 17.3. The van der Waals surface area contributed by atoms with Gasteiger partial charge in [-0.1, -0.05) is 0 Å². The second-order valence-corrected chi connectivity index (χ2v) is 5.58. The predicted molar refractivity (Wildman–Crippen MR) is 71.2 cm³/mol. The van der Waals surface area contributed by atoms with Gasteiger partial charge < -0.3 is 9.47 Å². The molecule has 2 amide bonds. The molecule has 0 radical (unpaired) electrons. The van der Waals surface area contributed by atoms with Crippen LogP contribution < -0.4 is 14.8 Å². The van der Waals surface area contributed by atoms with Gasteiger partial charge in [0.25, 0.3) is 5.69 Å². The number of hydrogen-bond donors (Lipinski definition) is 1. The van der Waals surface area contributed by atoms with Gasteiger partial charge >= 0.3 is 0 Å². The number of rotatable bonds is 2. The molecule has 1 saturated heterocycles. The van der Waals surface area contributed by atoms with Crippen molar-refractivity contribution in [3.05, 3.63) is 27.8 Å². The van der Waals surface area contributed by atoms with E-state index in [0.717, 1.165) is 6.07 Å². The first-order valence-electron chi connectivity index (χ1n) is 6.70. The van der Waals surface area contributed by atoms with Crippen LogP contribution in [0.4, 0.5) is 5.69 Å². The number of imide groups is 1. The van der Waals surface area contributed by atoms with Crippen LogP contribution in [0.2, 0.25) is 0 Å². The maximum absolute atomic E-state index is 12.1. The Morgan fingerprint density at radius 3 is 2.21 bits per heavy atom. The lowest BCUT2D eigenvalue weighted by molar-refractivity contribution is -0.385. The standard InChI is InChI=1S/C14H6N4O6/c15-3-13-10(14(13,4-16)12(20)17-11(13)19)6-1-8-9(24-5-23-8)2-7(6)18(21)22/h1-2,10H,5H2,(H,17,19,20)/t10?,13-,14+. The Morgan fingerprint density at radius 2 is 1.71 bits per heavy atom. The van der Waals surface area contributed by atoms with Crippen LogP contribution in [0.3, 0.4) is 0 Å². The number of carbonyl (C=O) groups is 2. The zero-order valence-corrected chi connectivity index (χ0v) is 11.7. The van der Waals surface area contributed by atoms with Crippen LogP contribution in [0.1, 0.15) is 11.5 Å². The molecule has 0 bridgehead atoms. The van der Waals surface area contributed by atoms with E-state index in [1.807, 2.05) is 5.32 Å². The summed E-state index contributed by atoms with van der Waals surface area (Å²) in [5.41, 5.74) is -4.46. The Hall–Kier alpha value is -3.66. The highest BCUT2D eigenvalue weighted by Crippen LogP contribution is 2.77. The highest BCUT2D eigenvalue weighted by atomic mass is 16.7. The lowest BCUT2D eigenvalue weighted by atomic mass is 9.98. The van der Waals surface area contributed by atoms with Crippen molar-refractivity contribution in [2.45, 2.75) is 5.92 Å². The van der Waals surface area contributed by atoms with Crippen molar-refractivity contribution in [3.63, 3.8) is 0 Å². The first kappa shape index (κ1) is 14.0. The molecule has 2 fully saturated rings. The van der Waals surface area contributed by atoms with Crippen LogP contribution in [-0.2, 0) is 9.59 Å². The molecule has 0 aromatic heterocycles. The molecule has 10 heteroatoms. The average Bonchev–Trinajstić information content (AvgIpc) is 2.78. The molecule has 3 atom stereocenters. The normalized spacial score (nSPS) is 31.7. The number of carbonyl (C=O) groups excluding carboxylic acids is 2. The van der Waals surface area contributed by atoms with Gasteiger partial charge in [-0.15, -0.1) is 0 Å². The van der Waals surface area contributed by atoms with Crippen molar-refractivity contribution in [3.8, 4) is 23.6 Å². The minimum atomic E-state index is -1.97. The summed E-state index contributed by atoms with van der Waals surface area (Å²) in [4.78, 5) is 34.9. The molecule has 1 saturated carbocycles. The molecule has 10 nitrogen and oxygen atoms in total. The average molecular weight is 326 g/mol. The molecule has 1 aromatic carbocycles. The quantitative estimate of drug-likeness (QED) is 0.455. The summed E-state index contributed by atoms with van der Waals surface area (Å²) in [6.45, 7) is -0.132. The number of fused-ring (bicyclic) bond motifs is 2. The van der Waals surface area contributed by atoms with E-state index in [1.165, 1.54) is 6.07 Å². The Balaban J connectivity index is 1.97. The highest BCUT2D eigenvalue weighted by Gasteiger charge is 2.91. The van der Waals surface area contributed by atoms with E-state index in [-0.39, 0.29) is 23.9 Å². The van der Waals surface area contributed by atoms with Gasteiger partial charge in [0.05, 0.1) is 29.0 Å². The number of benzene rings is 1. The minimum absolute atomic E-state index is 0.0736. The summed E-state index contributed by atoms with van der Waals surface area (Å²) in [6.07, 6.45) is 0. The Labute approximate surface area is 133 Å². The molecular formula is C14H6N4O6. The van der Waals surface area contributed by atoms with Crippen molar-refractivity contribution in [2.24, 2.45) is 10.8 Å². The van der Waals surface area contributed by atoms with Crippen LogP contribution in [0, 0.1) is 43.6 Å². The summed E-state index contributed by atoms with van der Waals surface area (Å²) in [5, 5.41) is 32.3. The van der Waals surface area contributed by atoms with Crippen LogP contribution >= 0.6 is 0 Å². The number of nitro benzene ring substituents is 1. The summed E-state index contributed by atoms with van der Waals surface area (Å²) < 4.78 is 10.2. The van der Waals surface area contributed by atoms with E-state index >= 15 is 0 Å². The molecule has 1 aliphatic carbocycles. The van der Waals surface area contributed by atoms with Gasteiger partial charge in [0.1, 0.15) is 0 Å². The number of piperidine rings is 1.